The number of hydrogen-bond donors (Lipinski definition) is 2. The Labute approximate surface area is 193 Å². The predicted octanol–water partition coefficient (Wildman–Crippen LogP) is 3.82. The SMILES string of the molecule is O=C(CNc1nc(OCc2cc(Br)cs2)c2[nH]cnc2n1)OCc1ccc([N+](=O)[O-])cc1. The Bertz CT molecular complexity index is 1260. The van der Waals surface area contributed by atoms with Crippen LogP contribution >= 0.6 is 27.3 Å². The molecule has 11 nitrogen and oxygen atoms in total. The van der Waals surface area contributed by atoms with E-state index in [2.05, 4.69) is 41.2 Å². The maximum atomic E-state index is 12.1. The summed E-state index contributed by atoms with van der Waals surface area (Å²) in [6.07, 6.45) is 1.48. The summed E-state index contributed by atoms with van der Waals surface area (Å²) in [6.45, 7) is 0.126. The quantitative estimate of drug-likeness (QED) is 0.191. The normalized spacial score (nSPS) is 10.8. The number of aromatic amines is 1. The van der Waals surface area contributed by atoms with Gasteiger partial charge in [-0.15, -0.1) is 11.3 Å². The van der Waals surface area contributed by atoms with Crippen LogP contribution in [-0.4, -0.2) is 37.4 Å². The van der Waals surface area contributed by atoms with Crippen molar-refractivity contribution in [2.24, 2.45) is 0 Å². The Morgan fingerprint density at radius 1 is 1.25 bits per heavy atom. The van der Waals surface area contributed by atoms with E-state index in [1.807, 2.05) is 11.4 Å². The fraction of sp³-hybridized carbons (Fsp3) is 0.158. The van der Waals surface area contributed by atoms with Crippen molar-refractivity contribution in [3.05, 3.63) is 67.1 Å². The molecule has 0 saturated heterocycles. The maximum absolute atomic E-state index is 12.1. The molecule has 0 fully saturated rings. The number of benzene rings is 1. The molecular formula is C19H15BrN6O5S. The molecule has 32 heavy (non-hydrogen) atoms. The molecule has 13 heteroatoms. The van der Waals surface area contributed by atoms with E-state index >= 15 is 0 Å². The van der Waals surface area contributed by atoms with Crippen molar-refractivity contribution in [2.75, 3.05) is 11.9 Å². The van der Waals surface area contributed by atoms with Crippen molar-refractivity contribution in [2.45, 2.75) is 13.2 Å². The summed E-state index contributed by atoms with van der Waals surface area (Å²) in [7, 11) is 0. The number of hydrogen-bond acceptors (Lipinski definition) is 10. The van der Waals surface area contributed by atoms with Crippen molar-refractivity contribution >= 4 is 56.0 Å². The number of non-ortho nitro benzene ring substituents is 1. The minimum atomic E-state index is -0.542. The number of anilines is 1. The molecule has 4 rings (SSSR count). The van der Waals surface area contributed by atoms with Crippen LogP contribution in [0.25, 0.3) is 11.2 Å². The van der Waals surface area contributed by atoms with Crippen LogP contribution in [-0.2, 0) is 22.7 Å². The first kappa shape index (κ1) is 21.6. The van der Waals surface area contributed by atoms with E-state index in [0.29, 0.717) is 29.2 Å². The number of rotatable bonds is 9. The maximum Gasteiger partial charge on any atom is 0.325 e. The first-order valence-electron chi connectivity index (χ1n) is 9.17. The van der Waals surface area contributed by atoms with Crippen LogP contribution in [0.4, 0.5) is 11.6 Å². The van der Waals surface area contributed by atoms with E-state index in [9.17, 15) is 14.9 Å². The van der Waals surface area contributed by atoms with Crippen LogP contribution in [0.1, 0.15) is 10.4 Å². The smallest absolute Gasteiger partial charge is 0.325 e. The van der Waals surface area contributed by atoms with E-state index in [-0.39, 0.29) is 24.8 Å². The monoisotopic (exact) mass is 518 g/mol. The van der Waals surface area contributed by atoms with E-state index < -0.39 is 10.9 Å². The second-order valence-corrected chi connectivity index (χ2v) is 8.32. The number of carbonyl (C=O) groups is 1. The molecule has 0 aliphatic rings. The third kappa shape index (κ3) is 5.36. The van der Waals surface area contributed by atoms with E-state index in [4.69, 9.17) is 9.47 Å². The Balaban J connectivity index is 1.35. The highest BCUT2D eigenvalue weighted by Crippen LogP contribution is 2.25. The summed E-state index contributed by atoms with van der Waals surface area (Å²) < 4.78 is 12.0. The number of nitrogens with zero attached hydrogens (tertiary/aromatic N) is 4. The van der Waals surface area contributed by atoms with Crippen LogP contribution < -0.4 is 10.1 Å². The number of esters is 1. The van der Waals surface area contributed by atoms with Gasteiger partial charge in [0.15, 0.2) is 5.65 Å². The fourth-order valence-electron chi connectivity index (χ4n) is 2.64. The molecule has 0 bridgehead atoms. The molecule has 0 atom stereocenters. The largest absolute Gasteiger partial charge is 0.470 e. The summed E-state index contributed by atoms with van der Waals surface area (Å²) in [4.78, 5) is 38.9. The van der Waals surface area contributed by atoms with Crippen LogP contribution in [0.3, 0.4) is 0 Å². The van der Waals surface area contributed by atoms with Crippen LogP contribution in [0, 0.1) is 10.1 Å². The summed E-state index contributed by atoms with van der Waals surface area (Å²) in [5.41, 5.74) is 1.54. The number of fused-ring (bicyclic) bond motifs is 1. The van der Waals surface area contributed by atoms with Gasteiger partial charge in [-0.3, -0.25) is 14.9 Å². The average molecular weight is 519 g/mol. The zero-order valence-corrected chi connectivity index (χ0v) is 18.7. The Kier molecular flexibility index (Phi) is 6.56. The second-order valence-electron chi connectivity index (χ2n) is 6.41. The number of nitro groups is 1. The van der Waals surface area contributed by atoms with Gasteiger partial charge >= 0.3 is 5.97 Å². The molecule has 3 heterocycles. The van der Waals surface area contributed by atoms with Crippen molar-refractivity contribution < 1.29 is 19.2 Å². The lowest BCUT2D eigenvalue weighted by atomic mass is 10.2. The van der Waals surface area contributed by atoms with Gasteiger partial charge in [0.1, 0.15) is 25.3 Å². The fourth-order valence-corrected chi connectivity index (χ4v) is 4.00. The molecule has 4 aromatic rings. The van der Waals surface area contributed by atoms with Crippen LogP contribution in [0.5, 0.6) is 5.88 Å². The predicted molar refractivity (Wildman–Crippen MR) is 119 cm³/mol. The number of imidazole rings is 1. The number of ether oxygens (including phenoxy) is 2. The van der Waals surface area contributed by atoms with Gasteiger partial charge in [0.25, 0.3) is 5.69 Å². The number of H-pyrrole nitrogens is 1. The zero-order chi connectivity index (χ0) is 22.5. The van der Waals surface area contributed by atoms with Crippen molar-refractivity contribution in [1.82, 2.24) is 19.9 Å². The van der Waals surface area contributed by atoms with Gasteiger partial charge in [-0.2, -0.15) is 9.97 Å². The Morgan fingerprint density at radius 3 is 2.78 bits per heavy atom. The molecule has 0 spiro atoms. The van der Waals surface area contributed by atoms with Gasteiger partial charge in [-0.05, 0) is 39.7 Å². The average Bonchev–Trinajstić information content (AvgIpc) is 3.43. The van der Waals surface area contributed by atoms with Crippen molar-refractivity contribution in [1.29, 1.82) is 0 Å². The van der Waals surface area contributed by atoms with Gasteiger partial charge in [0.2, 0.25) is 11.8 Å². The molecule has 0 saturated carbocycles. The number of nitrogens with one attached hydrogen (secondary N) is 2. The highest BCUT2D eigenvalue weighted by molar-refractivity contribution is 9.10. The molecule has 0 unspecified atom stereocenters. The number of halogens is 1. The van der Waals surface area contributed by atoms with Gasteiger partial charge in [-0.1, -0.05) is 0 Å². The molecule has 0 aliphatic carbocycles. The first-order valence-corrected chi connectivity index (χ1v) is 10.8. The lowest BCUT2D eigenvalue weighted by Crippen LogP contribution is -2.18. The zero-order valence-electron chi connectivity index (χ0n) is 16.3. The standard InChI is InChI=1S/C19H15BrN6O5S/c20-12-5-14(32-9-12)8-31-18-16-17(23-10-22-16)24-19(25-18)21-6-15(27)30-7-11-1-3-13(4-2-11)26(28)29/h1-5,9-10H,6-8H2,(H2,21,22,23,24,25). The van der Waals surface area contributed by atoms with Gasteiger partial charge in [-0.25, -0.2) is 4.98 Å². The molecule has 0 radical (unpaired) electrons. The number of aromatic nitrogens is 4. The highest BCUT2D eigenvalue weighted by atomic mass is 79.9. The Morgan fingerprint density at radius 2 is 2.06 bits per heavy atom. The van der Waals surface area contributed by atoms with Crippen molar-refractivity contribution in [3.8, 4) is 5.88 Å². The summed E-state index contributed by atoms with van der Waals surface area (Å²) in [6, 6.07) is 7.72. The van der Waals surface area contributed by atoms with Crippen LogP contribution in [0.2, 0.25) is 0 Å². The first-order chi connectivity index (χ1) is 15.5. The summed E-state index contributed by atoms with van der Waals surface area (Å²) in [5, 5.41) is 15.4. The van der Waals surface area contributed by atoms with Gasteiger partial charge < -0.3 is 19.8 Å². The second kappa shape index (κ2) is 9.70. The third-order valence-electron chi connectivity index (χ3n) is 4.16. The topological polar surface area (TPSA) is 145 Å². The molecule has 0 aliphatic heterocycles. The minimum Gasteiger partial charge on any atom is -0.470 e. The molecular weight excluding hydrogens is 504 g/mol. The van der Waals surface area contributed by atoms with Crippen LogP contribution in [0.15, 0.2) is 46.5 Å². The molecule has 164 valence electrons. The molecule has 2 N–H and O–H groups in total. The number of carbonyl (C=O) groups excluding carboxylic acids is 1. The lowest BCUT2D eigenvalue weighted by molar-refractivity contribution is -0.384. The minimum absolute atomic E-state index is 0.0114. The summed E-state index contributed by atoms with van der Waals surface area (Å²) >= 11 is 4.96. The van der Waals surface area contributed by atoms with E-state index in [1.165, 1.54) is 30.6 Å². The lowest BCUT2D eigenvalue weighted by Gasteiger charge is -2.09. The number of thiophene rings is 1. The molecule has 3 aromatic heterocycles. The molecule has 1 aromatic carbocycles. The molecule has 0 amide bonds. The van der Waals surface area contributed by atoms with E-state index in [0.717, 1.165) is 9.35 Å². The highest BCUT2D eigenvalue weighted by Gasteiger charge is 2.13. The summed E-state index contributed by atoms with van der Waals surface area (Å²) in [5.74, 6) is -0.0713. The van der Waals surface area contributed by atoms with Crippen molar-refractivity contribution in [3.63, 3.8) is 0 Å². The third-order valence-corrected chi connectivity index (χ3v) is 5.83. The van der Waals surface area contributed by atoms with Gasteiger partial charge in [0, 0.05) is 26.9 Å². The number of nitro benzene ring substituents is 1. The van der Waals surface area contributed by atoms with Gasteiger partial charge in [0.05, 0.1) is 11.3 Å². The Hall–Kier alpha value is -3.58. The van der Waals surface area contributed by atoms with E-state index in [1.54, 1.807) is 11.3 Å².